The summed E-state index contributed by atoms with van der Waals surface area (Å²) in [5, 5.41) is 0.235. The van der Waals surface area contributed by atoms with E-state index in [9.17, 15) is 4.79 Å². The van der Waals surface area contributed by atoms with Crippen LogP contribution in [0.3, 0.4) is 0 Å². The molecule has 58 valence electrons. The van der Waals surface area contributed by atoms with E-state index >= 15 is 0 Å². The molecule has 1 heterocycles. The summed E-state index contributed by atoms with van der Waals surface area (Å²) in [6, 6.07) is 0. The van der Waals surface area contributed by atoms with E-state index in [1.165, 1.54) is 0 Å². The second-order valence-corrected chi connectivity index (χ2v) is 4.04. The molecule has 10 heavy (non-hydrogen) atoms. The summed E-state index contributed by atoms with van der Waals surface area (Å²) >= 11 is 1.78. The first-order chi connectivity index (χ1) is 4.70. The van der Waals surface area contributed by atoms with Gasteiger partial charge >= 0.3 is 0 Å². The van der Waals surface area contributed by atoms with E-state index in [0.29, 0.717) is 5.78 Å². The van der Waals surface area contributed by atoms with Crippen LogP contribution in [0.25, 0.3) is 0 Å². The van der Waals surface area contributed by atoms with Gasteiger partial charge in [0.25, 0.3) is 0 Å². The van der Waals surface area contributed by atoms with Gasteiger partial charge in [0.1, 0.15) is 5.78 Å². The number of thioether (sulfide) groups is 1. The van der Waals surface area contributed by atoms with E-state index in [2.05, 4.69) is 11.9 Å². The number of hydrogen-bond donors (Lipinski definition) is 0. The Balaban J connectivity index is 2.39. The molecule has 0 saturated carbocycles. The van der Waals surface area contributed by atoms with Gasteiger partial charge in [0.15, 0.2) is 0 Å². The van der Waals surface area contributed by atoms with Crippen molar-refractivity contribution in [2.45, 2.75) is 12.2 Å². The molecule has 0 amide bonds. The molecule has 1 rings (SSSR count). The molecular formula is C7H13NOS. The van der Waals surface area contributed by atoms with Crippen molar-refractivity contribution in [1.82, 2.24) is 4.90 Å². The van der Waals surface area contributed by atoms with E-state index < -0.39 is 0 Å². The Hall–Kier alpha value is -0.0200. The molecule has 1 saturated heterocycles. The molecule has 0 bridgehead atoms. The lowest BCUT2D eigenvalue weighted by Gasteiger charge is -2.27. The number of rotatable bonds is 1. The van der Waals surface area contributed by atoms with Crippen LogP contribution < -0.4 is 0 Å². The topological polar surface area (TPSA) is 20.3 Å². The van der Waals surface area contributed by atoms with Crippen molar-refractivity contribution in [3.05, 3.63) is 0 Å². The summed E-state index contributed by atoms with van der Waals surface area (Å²) in [6.07, 6.45) is 0. The molecule has 0 spiro atoms. The normalized spacial score (nSPS) is 28.4. The lowest BCUT2D eigenvalue weighted by molar-refractivity contribution is -0.116. The van der Waals surface area contributed by atoms with Gasteiger partial charge in [-0.2, -0.15) is 0 Å². The molecule has 0 N–H and O–H groups in total. The Morgan fingerprint density at radius 1 is 1.70 bits per heavy atom. The van der Waals surface area contributed by atoms with Crippen molar-refractivity contribution >= 4 is 17.5 Å². The molecule has 3 heteroatoms. The summed E-state index contributed by atoms with van der Waals surface area (Å²) in [5.41, 5.74) is 0. The average Bonchev–Trinajstić information content (AvgIpc) is 1.88. The minimum absolute atomic E-state index is 0.235. The van der Waals surface area contributed by atoms with E-state index in [-0.39, 0.29) is 5.25 Å². The number of hydrogen-bond acceptors (Lipinski definition) is 3. The fourth-order valence-corrected chi connectivity index (χ4v) is 2.32. The van der Waals surface area contributed by atoms with Crippen LogP contribution in [0.5, 0.6) is 0 Å². The van der Waals surface area contributed by atoms with E-state index in [0.717, 1.165) is 18.8 Å². The maximum absolute atomic E-state index is 10.9. The molecule has 0 aromatic carbocycles. The molecule has 1 unspecified atom stereocenters. The molecule has 0 aromatic heterocycles. The smallest absolute Gasteiger partial charge is 0.144 e. The number of Topliss-reactive ketones (excluding diaryl/α,β-unsaturated/α-hetero) is 1. The molecule has 1 aliphatic rings. The highest BCUT2D eigenvalue weighted by atomic mass is 32.2. The molecular weight excluding hydrogens is 146 g/mol. The zero-order chi connectivity index (χ0) is 7.56. The first-order valence-electron chi connectivity index (χ1n) is 3.51. The van der Waals surface area contributed by atoms with Crippen LogP contribution in [0.1, 0.15) is 6.92 Å². The van der Waals surface area contributed by atoms with Crippen LogP contribution in [0.2, 0.25) is 0 Å². The van der Waals surface area contributed by atoms with Crippen LogP contribution in [0.4, 0.5) is 0 Å². The van der Waals surface area contributed by atoms with Crippen molar-refractivity contribution in [2.24, 2.45) is 0 Å². The monoisotopic (exact) mass is 159 g/mol. The minimum atomic E-state index is 0.235. The van der Waals surface area contributed by atoms with Gasteiger partial charge < -0.3 is 4.90 Å². The van der Waals surface area contributed by atoms with Gasteiger partial charge in [-0.3, -0.25) is 4.79 Å². The van der Waals surface area contributed by atoms with Gasteiger partial charge in [0.2, 0.25) is 0 Å². The minimum Gasteiger partial charge on any atom is -0.304 e. The third-order valence-electron chi connectivity index (χ3n) is 1.72. The predicted molar refractivity (Wildman–Crippen MR) is 44.4 cm³/mol. The maximum Gasteiger partial charge on any atom is 0.144 e. The highest BCUT2D eigenvalue weighted by Gasteiger charge is 2.20. The second-order valence-electron chi connectivity index (χ2n) is 2.73. The molecule has 1 aliphatic heterocycles. The SMILES string of the molecule is CC(=O)C1CN(C)CCS1. The largest absolute Gasteiger partial charge is 0.304 e. The molecule has 2 nitrogen and oxygen atoms in total. The fraction of sp³-hybridized carbons (Fsp3) is 0.857. The van der Waals surface area contributed by atoms with Gasteiger partial charge in [0, 0.05) is 18.8 Å². The Morgan fingerprint density at radius 2 is 2.40 bits per heavy atom. The van der Waals surface area contributed by atoms with Crippen LogP contribution in [-0.2, 0) is 4.79 Å². The molecule has 0 aliphatic carbocycles. The quantitative estimate of drug-likeness (QED) is 0.559. The van der Waals surface area contributed by atoms with Crippen molar-refractivity contribution in [2.75, 3.05) is 25.9 Å². The van der Waals surface area contributed by atoms with Gasteiger partial charge in [-0.05, 0) is 14.0 Å². The number of nitrogens with zero attached hydrogens (tertiary/aromatic N) is 1. The summed E-state index contributed by atoms with van der Waals surface area (Å²) in [5.74, 6) is 1.41. The Morgan fingerprint density at radius 3 is 2.80 bits per heavy atom. The first-order valence-corrected chi connectivity index (χ1v) is 4.55. The van der Waals surface area contributed by atoms with E-state index in [1.807, 2.05) is 0 Å². The van der Waals surface area contributed by atoms with Crippen molar-refractivity contribution in [1.29, 1.82) is 0 Å². The van der Waals surface area contributed by atoms with Crippen LogP contribution in [0, 0.1) is 0 Å². The number of carbonyl (C=O) groups excluding carboxylic acids is 1. The average molecular weight is 159 g/mol. The molecule has 0 radical (unpaired) electrons. The standard InChI is InChI=1S/C7H13NOS/c1-6(9)7-5-8(2)3-4-10-7/h7H,3-5H2,1-2H3. The second kappa shape index (κ2) is 3.39. The van der Waals surface area contributed by atoms with Gasteiger partial charge in [-0.1, -0.05) is 0 Å². The summed E-state index contributed by atoms with van der Waals surface area (Å²) in [4.78, 5) is 13.1. The summed E-state index contributed by atoms with van der Waals surface area (Å²) in [7, 11) is 2.07. The van der Waals surface area contributed by atoms with Gasteiger partial charge in [-0.25, -0.2) is 0 Å². The lowest BCUT2D eigenvalue weighted by Crippen LogP contribution is -2.37. The lowest BCUT2D eigenvalue weighted by atomic mass is 10.3. The van der Waals surface area contributed by atoms with Gasteiger partial charge in [-0.15, -0.1) is 11.8 Å². The highest BCUT2D eigenvalue weighted by molar-refractivity contribution is 8.00. The van der Waals surface area contributed by atoms with E-state index in [1.54, 1.807) is 18.7 Å². The Kier molecular flexibility index (Phi) is 2.74. The summed E-state index contributed by atoms with van der Waals surface area (Å²) < 4.78 is 0. The van der Waals surface area contributed by atoms with Crippen molar-refractivity contribution in [3.8, 4) is 0 Å². The van der Waals surface area contributed by atoms with Crippen molar-refractivity contribution in [3.63, 3.8) is 0 Å². The Bertz CT molecular complexity index is 138. The third-order valence-corrected chi connectivity index (χ3v) is 3.02. The van der Waals surface area contributed by atoms with Crippen LogP contribution in [-0.4, -0.2) is 41.8 Å². The van der Waals surface area contributed by atoms with Crippen LogP contribution >= 0.6 is 11.8 Å². The maximum atomic E-state index is 10.9. The van der Waals surface area contributed by atoms with Crippen molar-refractivity contribution < 1.29 is 4.79 Å². The third kappa shape index (κ3) is 1.99. The predicted octanol–water partition coefficient (Wildman–Crippen LogP) is 0.623. The number of carbonyl (C=O) groups is 1. The molecule has 1 atom stereocenters. The molecule has 1 fully saturated rings. The van der Waals surface area contributed by atoms with Crippen LogP contribution in [0.15, 0.2) is 0 Å². The zero-order valence-electron chi connectivity index (χ0n) is 6.46. The molecule has 0 aromatic rings. The number of ketones is 1. The zero-order valence-corrected chi connectivity index (χ0v) is 7.28. The Labute approximate surface area is 66.0 Å². The van der Waals surface area contributed by atoms with Gasteiger partial charge in [0.05, 0.1) is 5.25 Å². The first kappa shape index (κ1) is 8.08. The highest BCUT2D eigenvalue weighted by Crippen LogP contribution is 2.17. The summed E-state index contributed by atoms with van der Waals surface area (Å²) in [6.45, 7) is 3.73. The van der Waals surface area contributed by atoms with E-state index in [4.69, 9.17) is 0 Å². The fourth-order valence-electron chi connectivity index (χ4n) is 1.02.